The van der Waals surface area contributed by atoms with E-state index in [1.54, 1.807) is 36.7 Å². The molecular formula is C17H19N3O3S. The molecule has 0 saturated carbocycles. The van der Waals surface area contributed by atoms with Gasteiger partial charge in [-0.1, -0.05) is 12.1 Å². The lowest BCUT2D eigenvalue weighted by Gasteiger charge is -2.18. The van der Waals surface area contributed by atoms with E-state index in [1.165, 1.54) is 10.6 Å². The van der Waals surface area contributed by atoms with Gasteiger partial charge < -0.3 is 5.32 Å². The molecule has 1 aromatic carbocycles. The average molecular weight is 345 g/mol. The van der Waals surface area contributed by atoms with Gasteiger partial charge in [0.25, 0.3) is 0 Å². The number of carbonyl (C=O) groups is 1. The van der Waals surface area contributed by atoms with Gasteiger partial charge in [0.15, 0.2) is 0 Å². The second-order valence-corrected chi connectivity index (χ2v) is 7.79. The fraction of sp³-hybridized carbons (Fsp3) is 0.294. The van der Waals surface area contributed by atoms with Crippen LogP contribution in [0.5, 0.6) is 0 Å². The van der Waals surface area contributed by atoms with Crippen LogP contribution in [0, 0.1) is 0 Å². The maximum atomic E-state index is 12.5. The Morgan fingerprint density at radius 2 is 2.08 bits per heavy atom. The number of hydrogen-bond donors (Lipinski definition) is 1. The highest BCUT2D eigenvalue weighted by Gasteiger charge is 2.28. The fourth-order valence-corrected chi connectivity index (χ4v) is 3.84. The van der Waals surface area contributed by atoms with Crippen molar-refractivity contribution in [1.29, 1.82) is 0 Å². The van der Waals surface area contributed by atoms with Crippen LogP contribution in [0.25, 0.3) is 0 Å². The summed E-state index contributed by atoms with van der Waals surface area (Å²) in [6, 6.07) is 8.98. The van der Waals surface area contributed by atoms with Gasteiger partial charge in [0.1, 0.15) is 0 Å². The minimum atomic E-state index is -3.31. The third-order valence-electron chi connectivity index (χ3n) is 4.22. The highest BCUT2D eigenvalue weighted by atomic mass is 32.2. The van der Waals surface area contributed by atoms with Crippen LogP contribution >= 0.6 is 0 Å². The molecular weight excluding hydrogens is 326 g/mol. The van der Waals surface area contributed by atoms with Gasteiger partial charge in [-0.25, -0.2) is 8.42 Å². The normalized spacial score (nSPS) is 15.0. The Bertz CT molecular complexity index is 866. The van der Waals surface area contributed by atoms with Crippen molar-refractivity contribution in [3.8, 4) is 0 Å². The standard InChI is InChI=1S/C17H19N3O3S/c1-12(13-5-4-9-18-11-13)17(21)19-15-6-3-7-16-14(15)8-10-20(16)24(2,22)23/h3-7,9,11-12H,8,10H2,1-2H3,(H,19,21)/t12-/m1/s1. The third-order valence-corrected chi connectivity index (χ3v) is 5.40. The molecule has 24 heavy (non-hydrogen) atoms. The molecule has 1 aliphatic heterocycles. The topological polar surface area (TPSA) is 79.4 Å². The molecule has 1 N–H and O–H groups in total. The summed E-state index contributed by atoms with van der Waals surface area (Å²) < 4.78 is 25.1. The van der Waals surface area contributed by atoms with Crippen LogP contribution < -0.4 is 9.62 Å². The SMILES string of the molecule is C[C@@H](C(=O)Nc1cccc2c1CCN2S(C)(=O)=O)c1cccnc1. The Hall–Kier alpha value is -2.41. The van der Waals surface area contributed by atoms with Crippen LogP contribution in [0.1, 0.15) is 24.0 Å². The van der Waals surface area contributed by atoms with E-state index in [2.05, 4.69) is 10.3 Å². The van der Waals surface area contributed by atoms with Gasteiger partial charge in [0.05, 0.1) is 17.9 Å². The van der Waals surface area contributed by atoms with Gasteiger partial charge >= 0.3 is 0 Å². The predicted octanol–water partition coefficient (Wildman–Crippen LogP) is 2.15. The lowest BCUT2D eigenvalue weighted by molar-refractivity contribution is -0.117. The Labute approximate surface area is 141 Å². The number of carbonyl (C=O) groups excluding carboxylic acids is 1. The van der Waals surface area contributed by atoms with E-state index >= 15 is 0 Å². The van der Waals surface area contributed by atoms with E-state index in [9.17, 15) is 13.2 Å². The predicted molar refractivity (Wildman–Crippen MR) is 93.6 cm³/mol. The molecule has 1 aliphatic rings. The van der Waals surface area contributed by atoms with Gasteiger partial charge in [-0.3, -0.25) is 14.1 Å². The number of rotatable bonds is 4. The highest BCUT2D eigenvalue weighted by Crippen LogP contribution is 2.35. The maximum absolute atomic E-state index is 12.5. The summed E-state index contributed by atoms with van der Waals surface area (Å²) >= 11 is 0. The molecule has 126 valence electrons. The maximum Gasteiger partial charge on any atom is 0.232 e. The Morgan fingerprint density at radius 1 is 1.29 bits per heavy atom. The number of sulfonamides is 1. The van der Waals surface area contributed by atoms with Crippen molar-refractivity contribution in [2.75, 3.05) is 22.4 Å². The number of anilines is 2. The zero-order valence-electron chi connectivity index (χ0n) is 13.6. The molecule has 0 unspecified atom stereocenters. The monoisotopic (exact) mass is 345 g/mol. The average Bonchev–Trinajstić information content (AvgIpc) is 3.00. The van der Waals surface area contributed by atoms with E-state index in [-0.39, 0.29) is 11.8 Å². The number of benzene rings is 1. The Balaban J connectivity index is 1.85. The second kappa shape index (κ2) is 6.24. The summed E-state index contributed by atoms with van der Waals surface area (Å²) in [6.45, 7) is 2.22. The molecule has 1 amide bonds. The molecule has 7 heteroatoms. The van der Waals surface area contributed by atoms with Crippen LogP contribution in [0.4, 0.5) is 11.4 Å². The van der Waals surface area contributed by atoms with Crippen LogP contribution in [0.15, 0.2) is 42.7 Å². The first-order chi connectivity index (χ1) is 11.4. The van der Waals surface area contributed by atoms with E-state index in [0.717, 1.165) is 11.1 Å². The zero-order valence-corrected chi connectivity index (χ0v) is 14.4. The Kier molecular flexibility index (Phi) is 4.28. The van der Waals surface area contributed by atoms with E-state index in [0.29, 0.717) is 24.3 Å². The van der Waals surface area contributed by atoms with Crippen LogP contribution in [0.3, 0.4) is 0 Å². The molecule has 0 spiro atoms. The van der Waals surface area contributed by atoms with Crippen LogP contribution in [0.2, 0.25) is 0 Å². The van der Waals surface area contributed by atoms with Crippen molar-refractivity contribution in [2.24, 2.45) is 0 Å². The minimum Gasteiger partial charge on any atom is -0.325 e. The molecule has 2 aromatic rings. The van der Waals surface area contributed by atoms with Gasteiger partial charge in [0.2, 0.25) is 15.9 Å². The second-order valence-electron chi connectivity index (χ2n) is 5.89. The van der Waals surface area contributed by atoms with Gasteiger partial charge in [-0.2, -0.15) is 0 Å². The van der Waals surface area contributed by atoms with Crippen molar-refractivity contribution >= 4 is 27.3 Å². The summed E-state index contributed by atoms with van der Waals surface area (Å²) in [6.07, 6.45) is 5.11. The van der Waals surface area contributed by atoms with Gasteiger partial charge in [0, 0.05) is 30.2 Å². The molecule has 1 aromatic heterocycles. The zero-order chi connectivity index (χ0) is 17.3. The molecule has 0 saturated heterocycles. The summed E-state index contributed by atoms with van der Waals surface area (Å²) in [5.41, 5.74) is 3.00. The highest BCUT2D eigenvalue weighted by molar-refractivity contribution is 7.92. The molecule has 0 fully saturated rings. The number of pyridine rings is 1. The van der Waals surface area contributed by atoms with Crippen molar-refractivity contribution in [1.82, 2.24) is 4.98 Å². The summed E-state index contributed by atoms with van der Waals surface area (Å²) in [5.74, 6) is -0.490. The van der Waals surface area contributed by atoms with Crippen molar-refractivity contribution < 1.29 is 13.2 Å². The summed E-state index contributed by atoms with van der Waals surface area (Å²) in [4.78, 5) is 16.6. The van der Waals surface area contributed by atoms with Crippen LogP contribution in [-0.4, -0.2) is 32.1 Å². The number of nitrogens with one attached hydrogen (secondary N) is 1. The molecule has 0 bridgehead atoms. The van der Waals surface area contributed by atoms with Crippen molar-refractivity contribution in [3.05, 3.63) is 53.9 Å². The quantitative estimate of drug-likeness (QED) is 0.921. The smallest absolute Gasteiger partial charge is 0.232 e. The number of fused-ring (bicyclic) bond motifs is 1. The summed E-state index contributed by atoms with van der Waals surface area (Å²) in [5, 5.41) is 2.92. The lowest BCUT2D eigenvalue weighted by atomic mass is 10.0. The molecule has 1 atom stereocenters. The number of aromatic nitrogens is 1. The molecule has 0 radical (unpaired) electrons. The largest absolute Gasteiger partial charge is 0.325 e. The van der Waals surface area contributed by atoms with Gasteiger partial charge in [-0.05, 0) is 37.1 Å². The van der Waals surface area contributed by atoms with Gasteiger partial charge in [-0.15, -0.1) is 0 Å². The lowest BCUT2D eigenvalue weighted by Crippen LogP contribution is -2.27. The number of hydrogen-bond acceptors (Lipinski definition) is 4. The molecule has 3 rings (SSSR count). The van der Waals surface area contributed by atoms with E-state index < -0.39 is 10.0 Å². The summed E-state index contributed by atoms with van der Waals surface area (Å²) in [7, 11) is -3.31. The number of nitrogens with zero attached hydrogens (tertiary/aromatic N) is 2. The van der Waals surface area contributed by atoms with E-state index in [1.807, 2.05) is 13.0 Å². The third kappa shape index (κ3) is 3.12. The Morgan fingerprint density at radius 3 is 2.75 bits per heavy atom. The van der Waals surface area contributed by atoms with Crippen LogP contribution in [-0.2, 0) is 21.2 Å². The fourth-order valence-electron chi connectivity index (χ4n) is 2.89. The van der Waals surface area contributed by atoms with E-state index in [4.69, 9.17) is 0 Å². The number of amides is 1. The van der Waals surface area contributed by atoms with Crippen molar-refractivity contribution in [2.45, 2.75) is 19.3 Å². The minimum absolute atomic E-state index is 0.144. The van der Waals surface area contributed by atoms with Crippen molar-refractivity contribution in [3.63, 3.8) is 0 Å². The first kappa shape index (κ1) is 16.4. The first-order valence-corrected chi connectivity index (χ1v) is 9.53. The molecule has 6 nitrogen and oxygen atoms in total. The first-order valence-electron chi connectivity index (χ1n) is 7.68. The molecule has 0 aliphatic carbocycles. The molecule has 2 heterocycles.